The van der Waals surface area contributed by atoms with Crippen molar-refractivity contribution in [1.82, 2.24) is 5.32 Å². The van der Waals surface area contributed by atoms with Gasteiger partial charge in [0.05, 0.1) is 6.10 Å². The molecule has 1 aliphatic heterocycles. The van der Waals surface area contributed by atoms with Crippen molar-refractivity contribution >= 4 is 22.6 Å². The van der Waals surface area contributed by atoms with E-state index in [0.29, 0.717) is 3.92 Å². The van der Waals surface area contributed by atoms with Gasteiger partial charge in [0.1, 0.15) is 0 Å². The molecule has 3 atom stereocenters. The van der Waals surface area contributed by atoms with E-state index in [2.05, 4.69) is 27.9 Å². The van der Waals surface area contributed by atoms with E-state index in [-0.39, 0.29) is 12.1 Å². The Kier molecular flexibility index (Phi) is 3.35. The molecule has 4 N–H and O–H groups in total. The third-order valence-corrected chi connectivity index (χ3v) is 3.15. The van der Waals surface area contributed by atoms with E-state index in [1.165, 1.54) is 0 Å². The molecule has 0 aromatic rings. The molecule has 0 aromatic heterocycles. The lowest BCUT2D eigenvalue weighted by Crippen LogP contribution is -2.43. The summed E-state index contributed by atoms with van der Waals surface area (Å²) in [7, 11) is 0. The summed E-state index contributed by atoms with van der Waals surface area (Å²) in [5.74, 6) is 0. The number of aliphatic hydroxyl groups is 1. The molecule has 0 saturated carbocycles. The van der Waals surface area contributed by atoms with Gasteiger partial charge in [0.2, 0.25) is 0 Å². The molecule has 1 heterocycles. The highest BCUT2D eigenvalue weighted by Gasteiger charge is 2.24. The Morgan fingerprint density at radius 2 is 2.30 bits per heavy atom. The summed E-state index contributed by atoms with van der Waals surface area (Å²) in [4.78, 5) is 0. The van der Waals surface area contributed by atoms with Crippen LogP contribution in [0.25, 0.3) is 0 Å². The molecule has 0 bridgehead atoms. The molecule has 10 heavy (non-hydrogen) atoms. The Morgan fingerprint density at radius 1 is 1.60 bits per heavy atom. The maximum absolute atomic E-state index is 9.45. The van der Waals surface area contributed by atoms with Gasteiger partial charge in [-0.3, -0.25) is 0 Å². The van der Waals surface area contributed by atoms with Gasteiger partial charge in [-0.15, -0.1) is 0 Å². The minimum atomic E-state index is -0.337. The second kappa shape index (κ2) is 3.85. The predicted molar refractivity (Wildman–Crippen MR) is 49.3 cm³/mol. The van der Waals surface area contributed by atoms with E-state index in [1.807, 2.05) is 0 Å². The zero-order chi connectivity index (χ0) is 7.56. The fraction of sp³-hybridized carbons (Fsp3) is 1.00. The predicted octanol–water partition coefficient (Wildman–Crippen LogP) is -0.529. The van der Waals surface area contributed by atoms with Gasteiger partial charge in [-0.05, 0) is 13.0 Å². The third kappa shape index (κ3) is 2.05. The summed E-state index contributed by atoms with van der Waals surface area (Å²) in [5.41, 5.74) is 5.65. The Labute approximate surface area is 74.5 Å². The van der Waals surface area contributed by atoms with Crippen LogP contribution in [-0.2, 0) is 0 Å². The van der Waals surface area contributed by atoms with E-state index in [4.69, 9.17) is 5.73 Å². The van der Waals surface area contributed by atoms with Crippen LogP contribution in [-0.4, -0.2) is 34.3 Å². The van der Waals surface area contributed by atoms with Gasteiger partial charge in [-0.1, -0.05) is 22.6 Å². The Hall–Kier alpha value is 0.610. The van der Waals surface area contributed by atoms with E-state index >= 15 is 0 Å². The van der Waals surface area contributed by atoms with Crippen LogP contribution in [0.1, 0.15) is 6.42 Å². The summed E-state index contributed by atoms with van der Waals surface area (Å²) in [6.07, 6.45) is 0.672. The zero-order valence-electron chi connectivity index (χ0n) is 5.76. The molecule has 0 aromatic carbocycles. The van der Waals surface area contributed by atoms with Crippen LogP contribution in [0.5, 0.6) is 0 Å². The lowest BCUT2D eigenvalue weighted by atomic mass is 10.1. The molecule has 4 heteroatoms. The van der Waals surface area contributed by atoms with Crippen LogP contribution in [0.4, 0.5) is 0 Å². The monoisotopic (exact) mass is 256 g/mol. The van der Waals surface area contributed by atoms with E-state index in [0.717, 1.165) is 19.5 Å². The van der Waals surface area contributed by atoms with Crippen LogP contribution in [0.15, 0.2) is 0 Å². The van der Waals surface area contributed by atoms with E-state index in [1.54, 1.807) is 0 Å². The van der Waals surface area contributed by atoms with E-state index < -0.39 is 0 Å². The maximum atomic E-state index is 9.45. The molecule has 60 valence electrons. The van der Waals surface area contributed by atoms with Gasteiger partial charge in [0.25, 0.3) is 0 Å². The van der Waals surface area contributed by atoms with Crippen molar-refractivity contribution in [3.05, 3.63) is 0 Å². The fourth-order valence-electron chi connectivity index (χ4n) is 1.07. The number of hydrogen-bond acceptors (Lipinski definition) is 3. The molecule has 1 saturated heterocycles. The molecule has 0 spiro atoms. The molecule has 1 aliphatic rings. The van der Waals surface area contributed by atoms with Crippen molar-refractivity contribution in [3.8, 4) is 0 Å². The van der Waals surface area contributed by atoms with Gasteiger partial charge < -0.3 is 16.2 Å². The summed E-state index contributed by atoms with van der Waals surface area (Å²) in [6.45, 7) is 1.71. The topological polar surface area (TPSA) is 58.3 Å². The first kappa shape index (κ1) is 8.70. The SMILES string of the molecule is N[C@H]1CNCC[C@H](I)[C@H]1O. The first-order valence-corrected chi connectivity index (χ1v) is 4.75. The van der Waals surface area contributed by atoms with Crippen LogP contribution in [0.3, 0.4) is 0 Å². The molecular formula is C6H13IN2O. The summed E-state index contributed by atoms with van der Waals surface area (Å²) < 4.78 is 0.308. The van der Waals surface area contributed by atoms with Gasteiger partial charge in [0.15, 0.2) is 0 Å². The highest BCUT2D eigenvalue weighted by Crippen LogP contribution is 2.14. The van der Waals surface area contributed by atoms with Crippen molar-refractivity contribution < 1.29 is 5.11 Å². The number of aliphatic hydroxyl groups excluding tert-OH is 1. The number of halogens is 1. The molecule has 1 fully saturated rings. The molecule has 3 nitrogen and oxygen atoms in total. The lowest BCUT2D eigenvalue weighted by molar-refractivity contribution is 0.151. The van der Waals surface area contributed by atoms with Crippen molar-refractivity contribution in [1.29, 1.82) is 0 Å². The Morgan fingerprint density at radius 3 is 3.00 bits per heavy atom. The number of alkyl halides is 1. The third-order valence-electron chi connectivity index (χ3n) is 1.79. The number of nitrogens with one attached hydrogen (secondary N) is 1. The Balaban J connectivity index is 2.46. The summed E-state index contributed by atoms with van der Waals surface area (Å²) in [6, 6.07) is -0.0931. The van der Waals surface area contributed by atoms with E-state index in [9.17, 15) is 5.11 Å². The smallest absolute Gasteiger partial charge is 0.0821 e. The molecular weight excluding hydrogens is 243 g/mol. The van der Waals surface area contributed by atoms with Crippen molar-refractivity contribution in [3.63, 3.8) is 0 Å². The van der Waals surface area contributed by atoms with Gasteiger partial charge in [-0.2, -0.15) is 0 Å². The normalized spacial score (nSPS) is 42.9. The number of nitrogens with two attached hydrogens (primary N) is 1. The van der Waals surface area contributed by atoms with Gasteiger partial charge >= 0.3 is 0 Å². The number of rotatable bonds is 0. The second-order valence-electron chi connectivity index (χ2n) is 2.66. The average molecular weight is 256 g/mol. The van der Waals surface area contributed by atoms with Crippen LogP contribution >= 0.6 is 22.6 Å². The molecule has 0 aliphatic carbocycles. The summed E-state index contributed by atoms with van der Waals surface area (Å²) >= 11 is 2.25. The second-order valence-corrected chi connectivity index (χ2v) is 4.26. The minimum absolute atomic E-state index is 0.0931. The highest BCUT2D eigenvalue weighted by atomic mass is 127. The summed E-state index contributed by atoms with van der Waals surface area (Å²) in [5, 5.41) is 12.6. The van der Waals surface area contributed by atoms with Crippen LogP contribution < -0.4 is 11.1 Å². The largest absolute Gasteiger partial charge is 0.390 e. The average Bonchev–Trinajstić information content (AvgIpc) is 2.04. The lowest BCUT2D eigenvalue weighted by Gasteiger charge is -2.18. The quantitative estimate of drug-likeness (QED) is 0.403. The highest BCUT2D eigenvalue weighted by molar-refractivity contribution is 14.1. The Bertz CT molecular complexity index is 99.9. The van der Waals surface area contributed by atoms with Gasteiger partial charge in [-0.25, -0.2) is 0 Å². The van der Waals surface area contributed by atoms with Crippen molar-refractivity contribution in [2.24, 2.45) is 5.73 Å². The maximum Gasteiger partial charge on any atom is 0.0821 e. The first-order chi connectivity index (χ1) is 4.72. The molecule has 0 amide bonds. The fourth-order valence-corrected chi connectivity index (χ4v) is 1.91. The first-order valence-electron chi connectivity index (χ1n) is 3.50. The molecule has 0 radical (unpaired) electrons. The molecule has 0 unspecified atom stereocenters. The van der Waals surface area contributed by atoms with Crippen LogP contribution in [0, 0.1) is 0 Å². The minimum Gasteiger partial charge on any atom is -0.390 e. The van der Waals surface area contributed by atoms with Gasteiger partial charge in [0, 0.05) is 16.5 Å². The number of hydrogen-bond donors (Lipinski definition) is 3. The van der Waals surface area contributed by atoms with Crippen molar-refractivity contribution in [2.75, 3.05) is 13.1 Å². The van der Waals surface area contributed by atoms with Crippen molar-refractivity contribution in [2.45, 2.75) is 22.5 Å². The zero-order valence-corrected chi connectivity index (χ0v) is 7.91. The van der Waals surface area contributed by atoms with Crippen LogP contribution in [0.2, 0.25) is 0 Å². The molecule has 1 rings (SSSR count). The standard InChI is InChI=1S/C6H13IN2O/c7-4-1-2-9-3-5(8)6(4)10/h4-6,9-10H,1-3,8H2/t4-,5-,6+/m0/s1.